The monoisotopic (exact) mass is 292 g/mol. The van der Waals surface area contributed by atoms with Gasteiger partial charge < -0.3 is 0 Å². The van der Waals surface area contributed by atoms with E-state index in [1.807, 2.05) is 12.1 Å². The van der Waals surface area contributed by atoms with Crippen LogP contribution < -0.4 is 0 Å². The molecule has 0 aromatic heterocycles. The summed E-state index contributed by atoms with van der Waals surface area (Å²) < 4.78 is 0. The molecule has 100 valence electrons. The van der Waals surface area contributed by atoms with Crippen molar-refractivity contribution in [3.8, 4) is 0 Å². The first-order valence-corrected chi connectivity index (χ1v) is 6.71. The van der Waals surface area contributed by atoms with Crippen LogP contribution in [0.25, 0.3) is 0 Å². The Morgan fingerprint density at radius 1 is 0.526 bits per heavy atom. The molecule has 0 saturated heterocycles. The molecule has 0 heterocycles. The molecule has 0 amide bonds. The van der Waals surface area contributed by atoms with E-state index in [-0.39, 0.29) is 17.4 Å². The Labute approximate surface area is 129 Å². The van der Waals surface area contributed by atoms with Gasteiger partial charge in [-0.15, -0.1) is 0 Å². The van der Waals surface area contributed by atoms with Gasteiger partial charge >= 0.3 is 17.4 Å². The Balaban J connectivity index is 0.000000324. The van der Waals surface area contributed by atoms with Crippen molar-refractivity contribution in [2.75, 3.05) is 0 Å². The molecule has 0 aliphatic heterocycles. The largest absolute Gasteiger partial charge is 2.00 e. The summed E-state index contributed by atoms with van der Waals surface area (Å²) in [6.45, 7) is 8.81. The summed E-state index contributed by atoms with van der Waals surface area (Å²) in [5, 5.41) is 0. The molecule has 0 radical (unpaired) electrons. The van der Waals surface area contributed by atoms with Crippen LogP contribution >= 0.6 is 0 Å². The van der Waals surface area contributed by atoms with Crippen molar-refractivity contribution in [1.82, 2.24) is 0 Å². The van der Waals surface area contributed by atoms with Gasteiger partial charge in [-0.25, -0.2) is 0 Å². The van der Waals surface area contributed by atoms with Crippen LogP contribution in [0.5, 0.6) is 0 Å². The predicted molar refractivity (Wildman–Crippen MR) is 81.1 cm³/mol. The minimum absolute atomic E-state index is 0. The summed E-state index contributed by atoms with van der Waals surface area (Å²) in [7, 11) is 0. The molecular formula is C18H24Cr+2. The van der Waals surface area contributed by atoms with E-state index in [9.17, 15) is 0 Å². The standard InChI is InChI=1S/2C9H12.Cr/c2*1-8(2)9-6-4-3-5-7-9;/h2*3-8H,1-2H3;/q;;+2. The Kier molecular flexibility index (Phi) is 9.31. The van der Waals surface area contributed by atoms with Gasteiger partial charge in [0.15, 0.2) is 0 Å². The van der Waals surface area contributed by atoms with Gasteiger partial charge in [0.2, 0.25) is 0 Å². The second-order valence-corrected chi connectivity index (χ2v) is 5.13. The Hall–Kier alpha value is -1.03. The summed E-state index contributed by atoms with van der Waals surface area (Å²) in [5.41, 5.74) is 2.83. The minimum Gasteiger partial charge on any atom is -0.0622 e. The SMILES string of the molecule is CC(C)c1ccccc1.CC(C)c1ccccc1.[Cr+2]. The van der Waals surface area contributed by atoms with E-state index in [0.29, 0.717) is 11.8 Å². The summed E-state index contributed by atoms with van der Waals surface area (Å²) in [6, 6.07) is 21.0. The van der Waals surface area contributed by atoms with Gasteiger partial charge in [0.05, 0.1) is 0 Å². The summed E-state index contributed by atoms with van der Waals surface area (Å²) >= 11 is 0. The van der Waals surface area contributed by atoms with Crippen molar-refractivity contribution in [3.63, 3.8) is 0 Å². The van der Waals surface area contributed by atoms with Crippen molar-refractivity contribution < 1.29 is 17.4 Å². The van der Waals surface area contributed by atoms with Crippen LogP contribution in [-0.2, 0) is 17.4 Å². The fourth-order valence-electron chi connectivity index (χ4n) is 1.68. The molecule has 2 aromatic carbocycles. The second kappa shape index (κ2) is 9.84. The second-order valence-electron chi connectivity index (χ2n) is 5.13. The predicted octanol–water partition coefficient (Wildman–Crippen LogP) is 5.62. The topological polar surface area (TPSA) is 0 Å². The van der Waals surface area contributed by atoms with Crippen LogP contribution in [0.3, 0.4) is 0 Å². The molecule has 0 bridgehead atoms. The van der Waals surface area contributed by atoms with Gasteiger partial charge in [0, 0.05) is 0 Å². The maximum absolute atomic E-state index is 2.20. The quantitative estimate of drug-likeness (QED) is 0.674. The first-order valence-electron chi connectivity index (χ1n) is 6.71. The van der Waals surface area contributed by atoms with Crippen molar-refractivity contribution in [3.05, 3.63) is 71.8 Å². The van der Waals surface area contributed by atoms with Crippen LogP contribution in [-0.4, -0.2) is 0 Å². The smallest absolute Gasteiger partial charge is 0.0622 e. The third kappa shape index (κ3) is 7.21. The van der Waals surface area contributed by atoms with E-state index in [1.165, 1.54) is 11.1 Å². The van der Waals surface area contributed by atoms with E-state index < -0.39 is 0 Å². The van der Waals surface area contributed by atoms with Crippen molar-refractivity contribution in [1.29, 1.82) is 0 Å². The van der Waals surface area contributed by atoms with Crippen LogP contribution in [0.4, 0.5) is 0 Å². The molecule has 0 N–H and O–H groups in total. The van der Waals surface area contributed by atoms with Crippen LogP contribution in [0.2, 0.25) is 0 Å². The van der Waals surface area contributed by atoms with Gasteiger partial charge in [0.1, 0.15) is 0 Å². The fraction of sp³-hybridized carbons (Fsp3) is 0.333. The van der Waals surface area contributed by atoms with Gasteiger partial charge in [-0.05, 0) is 23.0 Å². The molecule has 19 heavy (non-hydrogen) atoms. The van der Waals surface area contributed by atoms with Crippen LogP contribution in [0.1, 0.15) is 50.7 Å². The molecule has 0 aliphatic carbocycles. The van der Waals surface area contributed by atoms with Crippen molar-refractivity contribution in [2.45, 2.75) is 39.5 Å². The van der Waals surface area contributed by atoms with Crippen molar-refractivity contribution in [2.24, 2.45) is 0 Å². The summed E-state index contributed by atoms with van der Waals surface area (Å²) in [6.07, 6.45) is 0. The average molecular weight is 292 g/mol. The molecule has 0 fully saturated rings. The zero-order chi connectivity index (χ0) is 13.4. The van der Waals surface area contributed by atoms with E-state index in [1.54, 1.807) is 0 Å². The normalized spacial score (nSPS) is 9.58. The Morgan fingerprint density at radius 3 is 0.947 bits per heavy atom. The van der Waals surface area contributed by atoms with Gasteiger partial charge in [-0.2, -0.15) is 0 Å². The molecule has 0 aliphatic rings. The van der Waals surface area contributed by atoms with Crippen LogP contribution in [0, 0.1) is 0 Å². The average Bonchev–Trinajstić information content (AvgIpc) is 2.41. The van der Waals surface area contributed by atoms with Gasteiger partial charge in [-0.3, -0.25) is 0 Å². The molecule has 0 atom stereocenters. The zero-order valence-corrected chi connectivity index (χ0v) is 13.6. The molecule has 2 aromatic rings. The maximum atomic E-state index is 2.20. The summed E-state index contributed by atoms with van der Waals surface area (Å²) in [5.74, 6) is 1.32. The van der Waals surface area contributed by atoms with Crippen LogP contribution in [0.15, 0.2) is 60.7 Å². The first kappa shape index (κ1) is 18.0. The number of rotatable bonds is 2. The zero-order valence-electron chi connectivity index (χ0n) is 12.3. The fourth-order valence-corrected chi connectivity index (χ4v) is 1.68. The first-order chi connectivity index (χ1) is 8.61. The number of hydrogen-bond donors (Lipinski definition) is 0. The maximum Gasteiger partial charge on any atom is 2.00 e. The third-order valence-electron chi connectivity index (χ3n) is 2.93. The van der Waals surface area contributed by atoms with E-state index in [2.05, 4.69) is 76.2 Å². The number of hydrogen-bond acceptors (Lipinski definition) is 0. The molecule has 0 spiro atoms. The van der Waals surface area contributed by atoms with E-state index >= 15 is 0 Å². The minimum atomic E-state index is 0. The molecule has 0 saturated carbocycles. The molecule has 0 nitrogen and oxygen atoms in total. The molecule has 1 heteroatoms. The van der Waals surface area contributed by atoms with Gasteiger partial charge in [0.25, 0.3) is 0 Å². The molecule has 0 unspecified atom stereocenters. The van der Waals surface area contributed by atoms with E-state index in [0.717, 1.165) is 0 Å². The van der Waals surface area contributed by atoms with Crippen molar-refractivity contribution >= 4 is 0 Å². The Morgan fingerprint density at radius 2 is 0.789 bits per heavy atom. The van der Waals surface area contributed by atoms with E-state index in [4.69, 9.17) is 0 Å². The summed E-state index contributed by atoms with van der Waals surface area (Å²) in [4.78, 5) is 0. The van der Waals surface area contributed by atoms with Gasteiger partial charge in [-0.1, -0.05) is 88.4 Å². The molecular weight excluding hydrogens is 268 g/mol. The third-order valence-corrected chi connectivity index (χ3v) is 2.93. The Bertz CT molecular complexity index is 374. The molecule has 2 rings (SSSR count). The number of benzene rings is 2.